The van der Waals surface area contributed by atoms with Crippen molar-refractivity contribution in [1.29, 1.82) is 0 Å². The van der Waals surface area contributed by atoms with Crippen molar-refractivity contribution in [3.05, 3.63) is 76.7 Å². The Morgan fingerprint density at radius 2 is 1.97 bits per heavy atom. The van der Waals surface area contributed by atoms with Crippen molar-refractivity contribution in [3.63, 3.8) is 0 Å². The summed E-state index contributed by atoms with van der Waals surface area (Å²) in [4.78, 5) is 19.1. The Balaban J connectivity index is 1.42. The van der Waals surface area contributed by atoms with Gasteiger partial charge in [0, 0.05) is 56.0 Å². The van der Waals surface area contributed by atoms with Crippen LogP contribution in [0.2, 0.25) is 0 Å². The first-order chi connectivity index (χ1) is 14.1. The van der Waals surface area contributed by atoms with Crippen molar-refractivity contribution in [2.75, 3.05) is 6.54 Å². The Morgan fingerprint density at radius 3 is 2.76 bits per heavy atom. The van der Waals surface area contributed by atoms with Gasteiger partial charge in [-0.15, -0.1) is 0 Å². The van der Waals surface area contributed by atoms with Crippen LogP contribution in [0.5, 0.6) is 5.88 Å². The normalized spacial score (nSPS) is 13.2. The largest absolute Gasteiger partial charge is 0.471 e. The van der Waals surface area contributed by atoms with Crippen LogP contribution >= 0.6 is 0 Å². The highest BCUT2D eigenvalue weighted by Gasteiger charge is 2.26. The third-order valence-electron chi connectivity index (χ3n) is 5.37. The number of amides is 1. The SMILES string of the molecule is Cc1cccc(OCc2nn(C)c3c2CN(C(=O)CCc2ccccc2)CC3)n1. The van der Waals surface area contributed by atoms with E-state index in [1.165, 1.54) is 11.3 Å². The molecule has 1 aromatic carbocycles. The van der Waals surface area contributed by atoms with Gasteiger partial charge in [-0.1, -0.05) is 36.4 Å². The molecule has 0 radical (unpaired) electrons. The van der Waals surface area contributed by atoms with Crippen molar-refractivity contribution < 1.29 is 9.53 Å². The third kappa shape index (κ3) is 4.47. The predicted octanol–water partition coefficient (Wildman–Crippen LogP) is 3.22. The molecule has 0 atom stereocenters. The first-order valence-corrected chi connectivity index (χ1v) is 10.0. The van der Waals surface area contributed by atoms with Crippen LogP contribution in [0.4, 0.5) is 0 Å². The van der Waals surface area contributed by atoms with E-state index in [0.29, 0.717) is 25.5 Å². The van der Waals surface area contributed by atoms with Crippen molar-refractivity contribution in [2.24, 2.45) is 7.05 Å². The second-order valence-electron chi connectivity index (χ2n) is 7.45. The van der Waals surface area contributed by atoms with Gasteiger partial charge in [0.25, 0.3) is 0 Å². The third-order valence-corrected chi connectivity index (χ3v) is 5.37. The van der Waals surface area contributed by atoms with E-state index in [0.717, 1.165) is 36.3 Å². The van der Waals surface area contributed by atoms with E-state index in [2.05, 4.69) is 22.2 Å². The molecule has 0 N–H and O–H groups in total. The number of carbonyl (C=O) groups excluding carboxylic acids is 1. The van der Waals surface area contributed by atoms with E-state index in [1.807, 2.05) is 60.0 Å². The van der Waals surface area contributed by atoms with Gasteiger partial charge >= 0.3 is 0 Å². The second kappa shape index (κ2) is 8.47. The molecule has 0 saturated heterocycles. The summed E-state index contributed by atoms with van der Waals surface area (Å²) in [6, 6.07) is 15.9. The molecule has 1 aliphatic rings. The van der Waals surface area contributed by atoms with Crippen LogP contribution in [-0.4, -0.2) is 32.1 Å². The average Bonchev–Trinajstić information content (AvgIpc) is 3.06. The summed E-state index contributed by atoms with van der Waals surface area (Å²) in [5, 5.41) is 4.64. The number of ether oxygens (including phenoxy) is 1. The first kappa shape index (κ1) is 19.2. The lowest BCUT2D eigenvalue weighted by Crippen LogP contribution is -2.36. The molecule has 4 rings (SSSR count). The molecule has 2 aromatic heterocycles. The standard InChI is InChI=1S/C23H26N4O2/c1-17-7-6-10-22(24-17)29-16-20-19-15-27(14-13-21(19)26(2)25-20)23(28)12-11-18-8-4-3-5-9-18/h3-10H,11-16H2,1-2H3. The molecule has 29 heavy (non-hydrogen) atoms. The topological polar surface area (TPSA) is 60.2 Å². The van der Waals surface area contributed by atoms with Crippen molar-refractivity contribution in [1.82, 2.24) is 19.7 Å². The average molecular weight is 390 g/mol. The van der Waals surface area contributed by atoms with Gasteiger partial charge in [0.15, 0.2) is 0 Å². The fourth-order valence-electron chi connectivity index (χ4n) is 3.79. The number of fused-ring (bicyclic) bond motifs is 1. The first-order valence-electron chi connectivity index (χ1n) is 10.0. The predicted molar refractivity (Wildman–Crippen MR) is 110 cm³/mol. The number of aryl methyl sites for hydroxylation is 3. The zero-order valence-corrected chi connectivity index (χ0v) is 17.0. The monoisotopic (exact) mass is 390 g/mol. The molecular formula is C23H26N4O2. The summed E-state index contributed by atoms with van der Waals surface area (Å²) in [6.07, 6.45) is 2.11. The van der Waals surface area contributed by atoms with E-state index in [9.17, 15) is 4.79 Å². The highest BCUT2D eigenvalue weighted by Crippen LogP contribution is 2.24. The maximum absolute atomic E-state index is 12.8. The van der Waals surface area contributed by atoms with E-state index in [4.69, 9.17) is 4.74 Å². The number of aromatic nitrogens is 3. The van der Waals surface area contributed by atoms with Crippen LogP contribution in [0.1, 0.15) is 34.6 Å². The lowest BCUT2D eigenvalue weighted by molar-refractivity contribution is -0.132. The number of hydrogen-bond donors (Lipinski definition) is 0. The molecule has 6 heteroatoms. The molecule has 6 nitrogen and oxygen atoms in total. The molecule has 1 amide bonds. The van der Waals surface area contributed by atoms with Crippen molar-refractivity contribution in [2.45, 2.75) is 39.3 Å². The Hall–Kier alpha value is -3.15. The minimum Gasteiger partial charge on any atom is -0.471 e. The fourth-order valence-corrected chi connectivity index (χ4v) is 3.79. The number of rotatable bonds is 6. The molecule has 150 valence electrons. The molecule has 0 spiro atoms. The quantitative estimate of drug-likeness (QED) is 0.648. The maximum Gasteiger partial charge on any atom is 0.223 e. The van der Waals surface area contributed by atoms with Crippen LogP contribution in [0.15, 0.2) is 48.5 Å². The van der Waals surface area contributed by atoms with E-state index < -0.39 is 0 Å². The Kier molecular flexibility index (Phi) is 5.60. The summed E-state index contributed by atoms with van der Waals surface area (Å²) in [6.45, 7) is 3.62. The van der Waals surface area contributed by atoms with Crippen molar-refractivity contribution >= 4 is 5.91 Å². The van der Waals surface area contributed by atoms with Gasteiger partial charge in [0.2, 0.25) is 11.8 Å². The Morgan fingerprint density at radius 1 is 1.14 bits per heavy atom. The Bertz CT molecular complexity index is 997. The van der Waals surface area contributed by atoms with Gasteiger partial charge < -0.3 is 9.64 Å². The molecule has 1 aliphatic heterocycles. The van der Waals surface area contributed by atoms with E-state index >= 15 is 0 Å². The molecule has 0 aliphatic carbocycles. The highest BCUT2D eigenvalue weighted by molar-refractivity contribution is 5.76. The van der Waals surface area contributed by atoms with Crippen molar-refractivity contribution in [3.8, 4) is 5.88 Å². The molecule has 0 bridgehead atoms. The minimum absolute atomic E-state index is 0.190. The Labute approximate surface area is 171 Å². The fraction of sp³-hybridized carbons (Fsp3) is 0.348. The van der Waals surface area contributed by atoms with Crippen LogP contribution in [-0.2, 0) is 37.8 Å². The molecule has 0 unspecified atom stereocenters. The molecule has 3 aromatic rings. The van der Waals surface area contributed by atoms with E-state index in [-0.39, 0.29) is 5.91 Å². The lowest BCUT2D eigenvalue weighted by atomic mass is 10.0. The van der Waals surface area contributed by atoms with Crippen LogP contribution < -0.4 is 4.74 Å². The molecule has 0 fully saturated rings. The summed E-state index contributed by atoms with van der Waals surface area (Å²) >= 11 is 0. The van der Waals surface area contributed by atoms with Crippen LogP contribution in [0.25, 0.3) is 0 Å². The van der Waals surface area contributed by atoms with Gasteiger partial charge in [-0.25, -0.2) is 4.98 Å². The van der Waals surface area contributed by atoms with Crippen LogP contribution in [0.3, 0.4) is 0 Å². The zero-order chi connectivity index (χ0) is 20.2. The number of nitrogens with zero attached hydrogens (tertiary/aromatic N) is 4. The number of hydrogen-bond acceptors (Lipinski definition) is 4. The number of benzene rings is 1. The van der Waals surface area contributed by atoms with Crippen LogP contribution in [0, 0.1) is 6.92 Å². The zero-order valence-electron chi connectivity index (χ0n) is 17.0. The van der Waals surface area contributed by atoms with Gasteiger partial charge in [-0.05, 0) is 25.0 Å². The minimum atomic E-state index is 0.190. The van der Waals surface area contributed by atoms with Gasteiger partial charge in [-0.2, -0.15) is 5.10 Å². The number of pyridine rings is 1. The second-order valence-corrected chi connectivity index (χ2v) is 7.45. The molecular weight excluding hydrogens is 364 g/mol. The lowest BCUT2D eigenvalue weighted by Gasteiger charge is -2.28. The smallest absolute Gasteiger partial charge is 0.223 e. The molecule has 3 heterocycles. The van der Waals surface area contributed by atoms with Gasteiger partial charge in [-0.3, -0.25) is 9.48 Å². The maximum atomic E-state index is 12.8. The van der Waals surface area contributed by atoms with E-state index in [1.54, 1.807) is 0 Å². The molecule has 0 saturated carbocycles. The summed E-state index contributed by atoms with van der Waals surface area (Å²) in [7, 11) is 1.96. The number of carbonyl (C=O) groups is 1. The highest BCUT2D eigenvalue weighted by atomic mass is 16.5. The summed E-state index contributed by atoms with van der Waals surface area (Å²) in [5.74, 6) is 0.784. The summed E-state index contributed by atoms with van der Waals surface area (Å²) < 4.78 is 7.78. The van der Waals surface area contributed by atoms with Gasteiger partial charge in [0.1, 0.15) is 12.3 Å². The summed E-state index contributed by atoms with van der Waals surface area (Å²) in [5.41, 5.74) is 5.29. The van der Waals surface area contributed by atoms with Gasteiger partial charge in [0.05, 0.1) is 0 Å².